The van der Waals surface area contributed by atoms with E-state index in [1.165, 1.54) is 7.11 Å². The number of methoxy groups -OCH3 is 1. The largest absolute Gasteiger partial charge is 0.466 e. The Kier molecular flexibility index (Phi) is 2.94. The number of rotatable bonds is 3. The number of esters is 1. The predicted molar refractivity (Wildman–Crippen MR) is 79.2 cm³/mol. The number of benzene rings is 2. The van der Waals surface area contributed by atoms with Gasteiger partial charge >= 0.3 is 5.97 Å². The Morgan fingerprint density at radius 2 is 1.50 bits per heavy atom. The molecule has 1 aliphatic rings. The quantitative estimate of drug-likeness (QED) is 0.792. The molecule has 0 bridgehead atoms. The Morgan fingerprint density at radius 3 is 2.05 bits per heavy atom. The van der Waals surface area contributed by atoms with Crippen molar-refractivity contribution >= 4 is 11.5 Å². The second-order valence-electron chi connectivity index (χ2n) is 5.10. The fourth-order valence-corrected chi connectivity index (χ4v) is 2.88. The van der Waals surface area contributed by atoms with Crippen molar-refractivity contribution < 1.29 is 9.53 Å². The van der Waals surface area contributed by atoms with Crippen LogP contribution >= 0.6 is 0 Å². The van der Waals surface area contributed by atoms with Crippen LogP contribution in [0.15, 0.2) is 66.2 Å². The molecule has 2 aromatic carbocycles. The summed E-state index contributed by atoms with van der Waals surface area (Å²) in [6.45, 7) is 2.08. The van der Waals surface area contributed by atoms with Gasteiger partial charge in [0.1, 0.15) is 0 Å². The van der Waals surface area contributed by atoms with Gasteiger partial charge in [-0.1, -0.05) is 60.7 Å². The van der Waals surface area contributed by atoms with Crippen molar-refractivity contribution in [1.82, 2.24) is 0 Å². The van der Waals surface area contributed by atoms with E-state index in [4.69, 9.17) is 4.74 Å². The smallest absolute Gasteiger partial charge is 0.335 e. The topological polar surface area (TPSA) is 26.3 Å². The third-order valence-corrected chi connectivity index (χ3v) is 3.99. The molecule has 0 fully saturated rings. The Hall–Kier alpha value is -2.35. The van der Waals surface area contributed by atoms with Crippen LogP contribution in [0.5, 0.6) is 0 Å². The van der Waals surface area contributed by atoms with E-state index in [9.17, 15) is 4.79 Å². The fourth-order valence-electron chi connectivity index (χ4n) is 2.88. The van der Waals surface area contributed by atoms with E-state index >= 15 is 0 Å². The molecule has 0 amide bonds. The van der Waals surface area contributed by atoms with Crippen LogP contribution in [0, 0.1) is 0 Å². The number of hydrogen-bond donors (Lipinski definition) is 0. The number of carbonyl (C=O) groups is 1. The molecule has 0 radical (unpaired) electrons. The van der Waals surface area contributed by atoms with Crippen LogP contribution in [0.3, 0.4) is 0 Å². The lowest BCUT2D eigenvalue weighted by Gasteiger charge is -2.14. The average Bonchev–Trinajstić information content (AvgIpc) is 3.16. The van der Waals surface area contributed by atoms with E-state index < -0.39 is 0 Å². The highest BCUT2D eigenvalue weighted by Gasteiger charge is 2.55. The maximum atomic E-state index is 12.1. The minimum absolute atomic E-state index is 0.241. The molecule has 1 atom stereocenters. The normalized spacial score (nSPS) is 20.7. The Bertz CT molecular complexity index is 671. The van der Waals surface area contributed by atoms with E-state index in [0.717, 1.165) is 22.3 Å². The van der Waals surface area contributed by atoms with Gasteiger partial charge in [-0.25, -0.2) is 4.79 Å². The zero-order valence-corrected chi connectivity index (χ0v) is 11.6. The molecule has 1 unspecified atom stereocenters. The number of carbonyl (C=O) groups excluding carboxylic acids is 1. The summed E-state index contributed by atoms with van der Waals surface area (Å²) in [6, 6.07) is 20.1. The van der Waals surface area contributed by atoms with Gasteiger partial charge in [0.25, 0.3) is 0 Å². The molecule has 0 aliphatic heterocycles. The lowest BCUT2D eigenvalue weighted by molar-refractivity contribution is -0.135. The lowest BCUT2D eigenvalue weighted by atomic mass is 9.88. The van der Waals surface area contributed by atoms with Crippen molar-refractivity contribution in [3.8, 4) is 0 Å². The highest BCUT2D eigenvalue weighted by atomic mass is 16.5. The van der Waals surface area contributed by atoms with Crippen molar-refractivity contribution in [3.05, 3.63) is 77.4 Å². The number of ether oxygens (including phenoxy) is 1. The zero-order chi connectivity index (χ0) is 14.2. The highest BCUT2D eigenvalue weighted by Crippen LogP contribution is 2.59. The monoisotopic (exact) mass is 264 g/mol. The van der Waals surface area contributed by atoms with E-state index in [2.05, 4.69) is 19.1 Å². The van der Waals surface area contributed by atoms with E-state index in [-0.39, 0.29) is 11.4 Å². The summed E-state index contributed by atoms with van der Waals surface area (Å²) in [4.78, 5) is 12.1. The first-order chi connectivity index (χ1) is 9.69. The first kappa shape index (κ1) is 12.7. The third kappa shape index (κ3) is 1.76. The second-order valence-corrected chi connectivity index (χ2v) is 5.10. The molecule has 2 heteroatoms. The van der Waals surface area contributed by atoms with Crippen LogP contribution in [0.2, 0.25) is 0 Å². The maximum absolute atomic E-state index is 12.1. The zero-order valence-electron chi connectivity index (χ0n) is 11.6. The van der Waals surface area contributed by atoms with Crippen LogP contribution in [-0.2, 0) is 14.9 Å². The molecule has 100 valence electrons. The minimum atomic E-state index is -0.338. The molecule has 0 heterocycles. The summed E-state index contributed by atoms with van der Waals surface area (Å²) in [6.07, 6.45) is 0. The van der Waals surface area contributed by atoms with Crippen LogP contribution in [0.4, 0.5) is 0 Å². The van der Waals surface area contributed by atoms with Crippen molar-refractivity contribution in [2.75, 3.05) is 7.11 Å². The Morgan fingerprint density at radius 1 is 0.950 bits per heavy atom. The van der Waals surface area contributed by atoms with Gasteiger partial charge in [0.2, 0.25) is 0 Å². The van der Waals surface area contributed by atoms with Gasteiger partial charge in [0, 0.05) is 0 Å². The average molecular weight is 264 g/mol. The summed E-state index contributed by atoms with van der Waals surface area (Å²) in [7, 11) is 1.43. The molecule has 2 nitrogen and oxygen atoms in total. The van der Waals surface area contributed by atoms with Crippen molar-refractivity contribution in [3.63, 3.8) is 0 Å². The Balaban J connectivity index is 2.09. The van der Waals surface area contributed by atoms with Gasteiger partial charge in [-0.05, 0) is 23.6 Å². The van der Waals surface area contributed by atoms with Crippen LogP contribution < -0.4 is 0 Å². The summed E-state index contributed by atoms with van der Waals surface area (Å²) in [5.41, 5.74) is 3.70. The van der Waals surface area contributed by atoms with Crippen LogP contribution in [0.25, 0.3) is 5.57 Å². The SMILES string of the molecule is COC(=O)C1=C(c2ccccc2)C1(C)c1ccccc1. The van der Waals surface area contributed by atoms with Gasteiger partial charge in [-0.2, -0.15) is 0 Å². The molecule has 20 heavy (non-hydrogen) atoms. The summed E-state index contributed by atoms with van der Waals surface area (Å²) in [5.74, 6) is -0.241. The summed E-state index contributed by atoms with van der Waals surface area (Å²) < 4.78 is 4.95. The molecule has 3 rings (SSSR count). The van der Waals surface area contributed by atoms with Crippen molar-refractivity contribution in [2.24, 2.45) is 0 Å². The van der Waals surface area contributed by atoms with Gasteiger partial charge in [0.15, 0.2) is 0 Å². The molecule has 0 aromatic heterocycles. The summed E-state index contributed by atoms with van der Waals surface area (Å²) >= 11 is 0. The minimum Gasteiger partial charge on any atom is -0.466 e. The second kappa shape index (κ2) is 4.64. The van der Waals surface area contributed by atoms with Crippen molar-refractivity contribution in [2.45, 2.75) is 12.3 Å². The molecule has 0 N–H and O–H groups in total. The molecular formula is C18H16O2. The van der Waals surface area contributed by atoms with Gasteiger partial charge in [-0.3, -0.25) is 0 Å². The lowest BCUT2D eigenvalue weighted by Crippen LogP contribution is -2.13. The number of hydrogen-bond acceptors (Lipinski definition) is 2. The molecule has 0 saturated carbocycles. The molecule has 1 aliphatic carbocycles. The fraction of sp³-hybridized carbons (Fsp3) is 0.167. The molecular weight excluding hydrogens is 248 g/mol. The van der Waals surface area contributed by atoms with Crippen LogP contribution in [0.1, 0.15) is 18.1 Å². The Labute approximate surface area is 118 Å². The van der Waals surface area contributed by atoms with Gasteiger partial charge in [0.05, 0.1) is 18.1 Å². The molecule has 0 spiro atoms. The van der Waals surface area contributed by atoms with Crippen molar-refractivity contribution in [1.29, 1.82) is 0 Å². The first-order valence-electron chi connectivity index (χ1n) is 6.64. The van der Waals surface area contributed by atoms with Crippen LogP contribution in [-0.4, -0.2) is 13.1 Å². The van der Waals surface area contributed by atoms with Gasteiger partial charge < -0.3 is 4.74 Å². The predicted octanol–water partition coefficient (Wildman–Crippen LogP) is 3.58. The van der Waals surface area contributed by atoms with Gasteiger partial charge in [-0.15, -0.1) is 0 Å². The van der Waals surface area contributed by atoms with E-state index in [0.29, 0.717) is 0 Å². The first-order valence-corrected chi connectivity index (χ1v) is 6.64. The highest BCUT2D eigenvalue weighted by molar-refractivity contribution is 6.15. The molecule has 2 aromatic rings. The van der Waals surface area contributed by atoms with E-state index in [1.54, 1.807) is 0 Å². The third-order valence-electron chi connectivity index (χ3n) is 3.99. The molecule has 0 saturated heterocycles. The number of allylic oxidation sites excluding steroid dienone is 1. The summed E-state index contributed by atoms with van der Waals surface area (Å²) in [5, 5.41) is 0. The maximum Gasteiger partial charge on any atom is 0.335 e. The van der Waals surface area contributed by atoms with E-state index in [1.807, 2.05) is 48.5 Å². The standard InChI is InChI=1S/C18H16O2/c1-18(14-11-7-4-8-12-14)15(16(18)17(19)20-2)13-9-5-3-6-10-13/h3-12H,1-2H3.